The highest BCUT2D eigenvalue weighted by atomic mass is 16.6. The Balaban J connectivity index is 1.62. The standard InChI is InChI=1S/C18H28N2O8/c1-3-20-10(21)8-18(16(20)26)4-6-19(7-5-18)17(27)28-15-13(24)11(22)9(2)12(23)14(15)25/h9,11-15,22-25H,3-8H2,1-2H3/t9?,11?,12?,13-,14?,15?/m1/s1. The normalized spacial score (nSPS) is 38.2. The number of aliphatic hydroxyl groups is 4. The number of rotatable bonds is 2. The average Bonchev–Trinajstić information content (AvgIpc) is 2.91. The lowest BCUT2D eigenvalue weighted by atomic mass is 9.77. The molecule has 2 aliphatic heterocycles. The van der Waals surface area contributed by atoms with E-state index in [1.807, 2.05) is 0 Å². The Morgan fingerprint density at radius 3 is 2.07 bits per heavy atom. The van der Waals surface area contributed by atoms with E-state index in [2.05, 4.69) is 0 Å². The molecule has 1 aliphatic carbocycles. The van der Waals surface area contributed by atoms with Crippen molar-refractivity contribution < 1.29 is 39.5 Å². The van der Waals surface area contributed by atoms with Crippen molar-refractivity contribution in [1.82, 2.24) is 9.80 Å². The molecule has 5 unspecified atom stereocenters. The van der Waals surface area contributed by atoms with Gasteiger partial charge in [-0.05, 0) is 19.8 Å². The molecule has 10 nitrogen and oxygen atoms in total. The van der Waals surface area contributed by atoms with Crippen LogP contribution >= 0.6 is 0 Å². The number of carbonyl (C=O) groups excluding carboxylic acids is 3. The molecule has 3 amide bonds. The zero-order valence-corrected chi connectivity index (χ0v) is 16.0. The van der Waals surface area contributed by atoms with Gasteiger partial charge in [-0.1, -0.05) is 6.92 Å². The molecule has 6 atom stereocenters. The van der Waals surface area contributed by atoms with Crippen LogP contribution in [-0.2, 0) is 14.3 Å². The Labute approximate surface area is 162 Å². The van der Waals surface area contributed by atoms with Crippen LogP contribution in [-0.4, -0.2) is 98.3 Å². The zero-order chi connectivity index (χ0) is 20.8. The summed E-state index contributed by atoms with van der Waals surface area (Å²) in [6.07, 6.45) is -7.24. The molecule has 3 rings (SSSR count). The first-order valence-electron chi connectivity index (χ1n) is 9.65. The van der Waals surface area contributed by atoms with E-state index < -0.39 is 47.9 Å². The Morgan fingerprint density at radius 1 is 1.07 bits per heavy atom. The van der Waals surface area contributed by atoms with Crippen LogP contribution in [0.2, 0.25) is 0 Å². The third-order valence-corrected chi connectivity index (χ3v) is 6.47. The predicted molar refractivity (Wildman–Crippen MR) is 93.7 cm³/mol. The van der Waals surface area contributed by atoms with Gasteiger partial charge >= 0.3 is 6.09 Å². The topological polar surface area (TPSA) is 148 Å². The van der Waals surface area contributed by atoms with Gasteiger partial charge < -0.3 is 30.1 Å². The molecule has 0 radical (unpaired) electrons. The molecule has 0 aromatic rings. The minimum absolute atomic E-state index is 0.138. The second kappa shape index (κ2) is 7.58. The number of carbonyl (C=O) groups is 3. The Morgan fingerprint density at radius 2 is 1.61 bits per heavy atom. The molecule has 1 saturated carbocycles. The maximum Gasteiger partial charge on any atom is 0.410 e. The lowest BCUT2D eigenvalue weighted by Gasteiger charge is -2.43. The monoisotopic (exact) mass is 400 g/mol. The summed E-state index contributed by atoms with van der Waals surface area (Å²) in [5.41, 5.74) is -0.782. The Kier molecular flexibility index (Phi) is 5.68. The van der Waals surface area contributed by atoms with Crippen molar-refractivity contribution >= 4 is 17.9 Å². The quantitative estimate of drug-likeness (QED) is 0.407. The fourth-order valence-corrected chi connectivity index (χ4v) is 4.43. The van der Waals surface area contributed by atoms with Crippen molar-refractivity contribution in [2.45, 2.75) is 63.6 Å². The summed E-state index contributed by atoms with van der Waals surface area (Å²) in [7, 11) is 0. The summed E-state index contributed by atoms with van der Waals surface area (Å²) in [4.78, 5) is 39.6. The van der Waals surface area contributed by atoms with Crippen LogP contribution in [0.4, 0.5) is 4.79 Å². The van der Waals surface area contributed by atoms with E-state index in [0.29, 0.717) is 19.4 Å². The van der Waals surface area contributed by atoms with Gasteiger partial charge in [0.2, 0.25) is 11.8 Å². The maximum absolute atomic E-state index is 12.6. The van der Waals surface area contributed by atoms with E-state index in [-0.39, 0.29) is 31.3 Å². The second-order valence-electron chi connectivity index (χ2n) is 8.06. The highest BCUT2D eigenvalue weighted by molar-refractivity contribution is 6.06. The number of imide groups is 1. The highest BCUT2D eigenvalue weighted by Crippen LogP contribution is 2.42. The number of aliphatic hydroxyl groups excluding tert-OH is 4. The molecular weight excluding hydrogens is 372 g/mol. The van der Waals surface area contributed by atoms with Gasteiger partial charge in [-0.25, -0.2) is 4.79 Å². The number of amides is 3. The Hall–Kier alpha value is -1.75. The van der Waals surface area contributed by atoms with Gasteiger partial charge in [0.25, 0.3) is 0 Å². The molecule has 2 heterocycles. The van der Waals surface area contributed by atoms with Crippen molar-refractivity contribution in [3.05, 3.63) is 0 Å². The SMILES string of the molecule is CCN1C(=O)CC2(CCN(C(=O)OC3C(O)C(O)C(C)C(O)[C@H]3O)CC2)C1=O. The number of hydrogen-bond acceptors (Lipinski definition) is 8. The summed E-state index contributed by atoms with van der Waals surface area (Å²) < 4.78 is 5.19. The first-order chi connectivity index (χ1) is 13.1. The summed E-state index contributed by atoms with van der Waals surface area (Å²) in [6.45, 7) is 3.92. The van der Waals surface area contributed by atoms with Crippen molar-refractivity contribution in [3.8, 4) is 0 Å². The third kappa shape index (κ3) is 3.28. The smallest absolute Gasteiger partial charge is 0.410 e. The summed E-state index contributed by atoms with van der Waals surface area (Å²) in [6, 6.07) is 0. The number of piperidine rings is 1. The molecule has 2 saturated heterocycles. The summed E-state index contributed by atoms with van der Waals surface area (Å²) in [5.74, 6) is -1.18. The molecule has 28 heavy (non-hydrogen) atoms. The zero-order valence-electron chi connectivity index (χ0n) is 16.0. The minimum atomic E-state index is -1.53. The lowest BCUT2D eigenvalue weighted by molar-refractivity contribution is -0.202. The van der Waals surface area contributed by atoms with Gasteiger partial charge in [0.15, 0.2) is 6.10 Å². The summed E-state index contributed by atoms with van der Waals surface area (Å²) in [5, 5.41) is 40.2. The van der Waals surface area contributed by atoms with Crippen molar-refractivity contribution in [1.29, 1.82) is 0 Å². The fourth-order valence-electron chi connectivity index (χ4n) is 4.43. The number of ether oxygens (including phenoxy) is 1. The van der Waals surface area contributed by atoms with Crippen LogP contribution in [0.25, 0.3) is 0 Å². The number of nitrogens with zero attached hydrogens (tertiary/aromatic N) is 2. The van der Waals surface area contributed by atoms with Crippen LogP contribution < -0.4 is 0 Å². The van der Waals surface area contributed by atoms with Gasteiger partial charge in [0.1, 0.15) is 12.2 Å². The largest absolute Gasteiger partial charge is 0.440 e. The molecule has 0 bridgehead atoms. The van der Waals surface area contributed by atoms with Crippen LogP contribution in [0, 0.1) is 11.3 Å². The second-order valence-corrected chi connectivity index (χ2v) is 8.06. The molecular formula is C18H28N2O8. The lowest BCUT2D eigenvalue weighted by Crippen LogP contribution is -2.62. The van der Waals surface area contributed by atoms with Gasteiger partial charge in [-0.3, -0.25) is 14.5 Å². The van der Waals surface area contributed by atoms with Gasteiger partial charge in [-0.2, -0.15) is 0 Å². The number of hydrogen-bond donors (Lipinski definition) is 4. The van der Waals surface area contributed by atoms with Crippen LogP contribution in [0.5, 0.6) is 0 Å². The van der Waals surface area contributed by atoms with E-state index in [1.165, 1.54) is 16.7 Å². The maximum atomic E-state index is 12.6. The van der Waals surface area contributed by atoms with E-state index >= 15 is 0 Å². The van der Waals surface area contributed by atoms with Crippen LogP contribution in [0.1, 0.15) is 33.1 Å². The van der Waals surface area contributed by atoms with E-state index in [0.717, 1.165) is 0 Å². The van der Waals surface area contributed by atoms with Gasteiger partial charge in [0, 0.05) is 32.0 Å². The summed E-state index contributed by atoms with van der Waals surface area (Å²) >= 11 is 0. The highest BCUT2D eigenvalue weighted by Gasteiger charge is 2.53. The first kappa shape index (κ1) is 21.0. The average molecular weight is 400 g/mol. The van der Waals surface area contributed by atoms with E-state index in [9.17, 15) is 34.8 Å². The molecule has 1 spiro atoms. The van der Waals surface area contributed by atoms with Crippen molar-refractivity contribution in [2.75, 3.05) is 19.6 Å². The first-order valence-corrected chi connectivity index (χ1v) is 9.65. The molecule has 0 aromatic heterocycles. The van der Waals surface area contributed by atoms with Crippen LogP contribution in [0.3, 0.4) is 0 Å². The van der Waals surface area contributed by atoms with Crippen LogP contribution in [0.15, 0.2) is 0 Å². The molecule has 0 aromatic carbocycles. The molecule has 3 aliphatic rings. The fraction of sp³-hybridized carbons (Fsp3) is 0.833. The number of likely N-dealkylation sites (tertiary alicyclic amines) is 2. The van der Waals surface area contributed by atoms with Gasteiger partial charge in [-0.15, -0.1) is 0 Å². The molecule has 10 heteroatoms. The molecule has 158 valence electrons. The predicted octanol–water partition coefficient (Wildman–Crippen LogP) is -1.55. The van der Waals surface area contributed by atoms with E-state index in [4.69, 9.17) is 4.74 Å². The Bertz CT molecular complexity index is 631. The van der Waals surface area contributed by atoms with E-state index in [1.54, 1.807) is 6.92 Å². The molecule has 3 fully saturated rings. The van der Waals surface area contributed by atoms with Gasteiger partial charge in [0.05, 0.1) is 17.6 Å². The van der Waals surface area contributed by atoms with Crippen molar-refractivity contribution in [3.63, 3.8) is 0 Å². The minimum Gasteiger partial charge on any atom is -0.440 e. The third-order valence-electron chi connectivity index (χ3n) is 6.47. The molecule has 4 N–H and O–H groups in total. The van der Waals surface area contributed by atoms with Crippen molar-refractivity contribution in [2.24, 2.45) is 11.3 Å².